The van der Waals surface area contributed by atoms with E-state index in [1.165, 1.54) is 30.5 Å². The number of halogens is 1. The molecule has 112 valence electrons. The molecule has 0 amide bonds. The third-order valence-electron chi connectivity index (χ3n) is 4.05. The van der Waals surface area contributed by atoms with Crippen molar-refractivity contribution in [2.45, 2.75) is 25.4 Å². The summed E-state index contributed by atoms with van der Waals surface area (Å²) in [6, 6.07) is 6.98. The van der Waals surface area contributed by atoms with Crippen molar-refractivity contribution in [1.29, 1.82) is 0 Å². The highest BCUT2D eigenvalue weighted by molar-refractivity contribution is 5.31. The van der Waals surface area contributed by atoms with Crippen LogP contribution in [-0.4, -0.2) is 40.9 Å². The highest BCUT2D eigenvalue weighted by atomic mass is 19.1. The number of piperidine rings is 1. The molecule has 1 fully saturated rings. The zero-order chi connectivity index (χ0) is 14.7. The molecule has 1 saturated heterocycles. The minimum atomic E-state index is -0.224. The van der Waals surface area contributed by atoms with Crippen molar-refractivity contribution in [2.24, 2.45) is 0 Å². The number of likely N-dealkylation sites (N-methyl/N-ethyl adjacent to an activating group) is 1. The van der Waals surface area contributed by atoms with E-state index in [0.717, 1.165) is 25.3 Å². The number of benzene rings is 1. The molecule has 0 saturated carbocycles. The fourth-order valence-corrected chi connectivity index (χ4v) is 2.87. The Morgan fingerprint density at radius 2 is 2.14 bits per heavy atom. The van der Waals surface area contributed by atoms with Crippen LogP contribution < -0.4 is 5.32 Å². The van der Waals surface area contributed by atoms with Gasteiger partial charge < -0.3 is 5.32 Å². The van der Waals surface area contributed by atoms with E-state index in [1.54, 1.807) is 16.8 Å². The summed E-state index contributed by atoms with van der Waals surface area (Å²) in [6.07, 6.45) is 6.40. The van der Waals surface area contributed by atoms with Gasteiger partial charge in [-0.05, 0) is 50.7 Å². The Morgan fingerprint density at radius 1 is 1.33 bits per heavy atom. The maximum absolute atomic E-state index is 12.9. The number of rotatable bonds is 4. The van der Waals surface area contributed by atoms with Gasteiger partial charge in [0.1, 0.15) is 5.82 Å². The van der Waals surface area contributed by atoms with Crippen molar-refractivity contribution >= 4 is 0 Å². The van der Waals surface area contributed by atoms with Gasteiger partial charge in [-0.15, -0.1) is 0 Å². The quantitative estimate of drug-likeness (QED) is 0.936. The Kier molecular flexibility index (Phi) is 4.31. The minimum Gasteiger partial charge on any atom is -0.316 e. The molecule has 1 aromatic carbocycles. The highest BCUT2D eigenvalue weighted by Crippen LogP contribution is 2.15. The number of aromatic nitrogens is 2. The van der Waals surface area contributed by atoms with Gasteiger partial charge in [-0.1, -0.05) is 0 Å². The van der Waals surface area contributed by atoms with Crippen LogP contribution in [0, 0.1) is 5.82 Å². The second kappa shape index (κ2) is 6.37. The normalized spacial score (nSPS) is 19.8. The zero-order valence-corrected chi connectivity index (χ0v) is 12.3. The molecule has 0 aliphatic carbocycles. The fraction of sp³-hybridized carbons (Fsp3) is 0.438. The average molecular weight is 288 g/mol. The van der Waals surface area contributed by atoms with Gasteiger partial charge in [0, 0.05) is 30.9 Å². The molecule has 2 aromatic rings. The molecular weight excluding hydrogens is 267 g/mol. The Labute approximate surface area is 124 Å². The molecule has 4 nitrogen and oxygen atoms in total. The molecular formula is C16H21FN4. The van der Waals surface area contributed by atoms with E-state index in [4.69, 9.17) is 0 Å². The lowest BCUT2D eigenvalue weighted by molar-refractivity contribution is 0.188. The topological polar surface area (TPSA) is 33.1 Å². The first kappa shape index (κ1) is 14.2. The van der Waals surface area contributed by atoms with Crippen molar-refractivity contribution in [3.8, 4) is 5.69 Å². The molecule has 1 aliphatic rings. The summed E-state index contributed by atoms with van der Waals surface area (Å²) in [5.74, 6) is -0.224. The molecule has 1 N–H and O–H groups in total. The van der Waals surface area contributed by atoms with E-state index in [2.05, 4.69) is 15.3 Å². The molecule has 3 rings (SSSR count). The standard InChI is InChI=1S/C16H21FN4/c1-18-15-3-2-8-20(12-15)10-13-9-19-21(11-13)16-6-4-14(17)5-7-16/h4-7,9,11,15,18H,2-3,8,10,12H2,1H3. The van der Waals surface area contributed by atoms with E-state index in [0.29, 0.717) is 6.04 Å². The second-order valence-corrected chi connectivity index (χ2v) is 5.63. The van der Waals surface area contributed by atoms with Crippen LogP contribution in [0.4, 0.5) is 4.39 Å². The van der Waals surface area contributed by atoms with Crippen molar-refractivity contribution in [1.82, 2.24) is 20.0 Å². The maximum atomic E-state index is 12.9. The fourth-order valence-electron chi connectivity index (χ4n) is 2.87. The summed E-state index contributed by atoms with van der Waals surface area (Å²) >= 11 is 0. The lowest BCUT2D eigenvalue weighted by Gasteiger charge is -2.32. The van der Waals surface area contributed by atoms with E-state index < -0.39 is 0 Å². The van der Waals surface area contributed by atoms with E-state index in [1.807, 2.05) is 19.4 Å². The van der Waals surface area contributed by atoms with Gasteiger partial charge in [0.25, 0.3) is 0 Å². The third-order valence-corrected chi connectivity index (χ3v) is 4.05. The summed E-state index contributed by atoms with van der Waals surface area (Å²) in [4.78, 5) is 2.46. The van der Waals surface area contributed by atoms with Crippen LogP contribution in [0.5, 0.6) is 0 Å². The number of hydrogen-bond acceptors (Lipinski definition) is 3. The van der Waals surface area contributed by atoms with E-state index >= 15 is 0 Å². The third kappa shape index (κ3) is 3.49. The average Bonchev–Trinajstić information content (AvgIpc) is 2.96. The SMILES string of the molecule is CNC1CCCN(Cc2cnn(-c3ccc(F)cc3)c2)C1. The molecule has 0 radical (unpaired) electrons. The number of hydrogen-bond donors (Lipinski definition) is 1. The van der Waals surface area contributed by atoms with Gasteiger partial charge in [-0.3, -0.25) is 4.90 Å². The van der Waals surface area contributed by atoms with Crippen LogP contribution in [0.2, 0.25) is 0 Å². The molecule has 5 heteroatoms. The van der Waals surface area contributed by atoms with Crippen LogP contribution in [0.3, 0.4) is 0 Å². The zero-order valence-electron chi connectivity index (χ0n) is 12.3. The Bertz CT molecular complexity index is 578. The van der Waals surface area contributed by atoms with Gasteiger partial charge in [0.2, 0.25) is 0 Å². The first-order valence-corrected chi connectivity index (χ1v) is 7.44. The lowest BCUT2D eigenvalue weighted by Crippen LogP contribution is -2.43. The van der Waals surface area contributed by atoms with Gasteiger partial charge >= 0.3 is 0 Å². The van der Waals surface area contributed by atoms with Gasteiger partial charge in [-0.25, -0.2) is 9.07 Å². The summed E-state index contributed by atoms with van der Waals surface area (Å²) in [6.45, 7) is 3.14. The number of nitrogens with zero attached hydrogens (tertiary/aromatic N) is 3. The monoisotopic (exact) mass is 288 g/mol. The molecule has 1 aliphatic heterocycles. The van der Waals surface area contributed by atoms with Crippen LogP contribution >= 0.6 is 0 Å². The first-order valence-electron chi connectivity index (χ1n) is 7.44. The van der Waals surface area contributed by atoms with Crippen LogP contribution in [0.25, 0.3) is 5.69 Å². The molecule has 1 aromatic heterocycles. The first-order chi connectivity index (χ1) is 10.2. The van der Waals surface area contributed by atoms with Gasteiger partial charge in [0.15, 0.2) is 0 Å². The second-order valence-electron chi connectivity index (χ2n) is 5.63. The smallest absolute Gasteiger partial charge is 0.123 e. The van der Waals surface area contributed by atoms with Crippen LogP contribution in [0.1, 0.15) is 18.4 Å². The Balaban J connectivity index is 1.66. The summed E-state index contributed by atoms with van der Waals surface area (Å²) in [5.41, 5.74) is 2.07. The molecule has 2 heterocycles. The summed E-state index contributed by atoms with van der Waals surface area (Å²) in [5, 5.41) is 7.73. The van der Waals surface area contributed by atoms with Crippen LogP contribution in [0.15, 0.2) is 36.7 Å². The Hall–Kier alpha value is -1.72. The van der Waals surface area contributed by atoms with Gasteiger partial charge in [0.05, 0.1) is 11.9 Å². The maximum Gasteiger partial charge on any atom is 0.123 e. The lowest BCUT2D eigenvalue weighted by atomic mass is 10.1. The number of likely N-dealkylation sites (tertiary alicyclic amines) is 1. The number of nitrogens with one attached hydrogen (secondary N) is 1. The molecule has 1 atom stereocenters. The molecule has 0 spiro atoms. The van der Waals surface area contributed by atoms with Crippen molar-refractivity contribution < 1.29 is 4.39 Å². The van der Waals surface area contributed by atoms with E-state index in [9.17, 15) is 4.39 Å². The minimum absolute atomic E-state index is 0.224. The van der Waals surface area contributed by atoms with Gasteiger partial charge in [-0.2, -0.15) is 5.10 Å². The largest absolute Gasteiger partial charge is 0.316 e. The van der Waals surface area contributed by atoms with E-state index in [-0.39, 0.29) is 5.82 Å². The molecule has 1 unspecified atom stereocenters. The molecule has 21 heavy (non-hydrogen) atoms. The van der Waals surface area contributed by atoms with Crippen LogP contribution in [-0.2, 0) is 6.54 Å². The van der Waals surface area contributed by atoms with Crippen molar-refractivity contribution in [3.05, 3.63) is 48.0 Å². The Morgan fingerprint density at radius 3 is 2.90 bits per heavy atom. The predicted molar refractivity (Wildman–Crippen MR) is 80.9 cm³/mol. The van der Waals surface area contributed by atoms with Crippen molar-refractivity contribution in [3.63, 3.8) is 0 Å². The predicted octanol–water partition coefficient (Wildman–Crippen LogP) is 2.20. The highest BCUT2D eigenvalue weighted by Gasteiger charge is 2.18. The van der Waals surface area contributed by atoms with Crippen molar-refractivity contribution in [2.75, 3.05) is 20.1 Å². The molecule has 0 bridgehead atoms. The summed E-state index contributed by atoms with van der Waals surface area (Å²) in [7, 11) is 2.03. The summed E-state index contributed by atoms with van der Waals surface area (Å²) < 4.78 is 14.7.